The summed E-state index contributed by atoms with van der Waals surface area (Å²) in [6.07, 6.45) is -0.987. The Morgan fingerprint density at radius 2 is 1.97 bits per heavy atom. The number of methoxy groups -OCH3 is 2. The summed E-state index contributed by atoms with van der Waals surface area (Å²) in [6.45, 7) is 5.07. The topological polar surface area (TPSA) is 132 Å². The zero-order valence-corrected chi connectivity index (χ0v) is 17.0. The number of ether oxygens (including phenoxy) is 3. The second kappa shape index (κ2) is 9.18. The molecule has 1 heterocycles. The van der Waals surface area contributed by atoms with E-state index >= 15 is 0 Å². The molecule has 0 spiro atoms. The van der Waals surface area contributed by atoms with Gasteiger partial charge in [-0.3, -0.25) is 0 Å². The van der Waals surface area contributed by atoms with E-state index in [1.165, 1.54) is 14.2 Å². The molecule has 10 heteroatoms. The largest absolute Gasteiger partial charge is 0.497 e. The number of benzene rings is 1. The van der Waals surface area contributed by atoms with Crippen molar-refractivity contribution in [3.63, 3.8) is 0 Å². The Labute approximate surface area is 167 Å². The molecule has 1 aromatic carbocycles. The van der Waals surface area contributed by atoms with Crippen molar-refractivity contribution in [2.75, 3.05) is 19.5 Å². The van der Waals surface area contributed by atoms with E-state index in [1.54, 1.807) is 45.0 Å². The Morgan fingerprint density at radius 1 is 1.24 bits per heavy atom. The number of anilines is 2. The minimum absolute atomic E-state index is 0.124. The van der Waals surface area contributed by atoms with Crippen molar-refractivity contribution in [2.24, 2.45) is 0 Å². The molecule has 0 radical (unpaired) electrons. The van der Waals surface area contributed by atoms with Gasteiger partial charge in [-0.15, -0.1) is 0 Å². The van der Waals surface area contributed by atoms with Crippen LogP contribution in [0.25, 0.3) is 0 Å². The second-order valence-corrected chi connectivity index (χ2v) is 7.13. The number of aromatic amines is 1. The molecule has 0 saturated heterocycles. The highest BCUT2D eigenvalue weighted by molar-refractivity contribution is 5.82. The Kier molecular flexibility index (Phi) is 6.92. The van der Waals surface area contributed by atoms with Crippen LogP contribution in [-0.4, -0.2) is 43.1 Å². The van der Waals surface area contributed by atoms with Crippen LogP contribution >= 0.6 is 0 Å². The van der Waals surface area contributed by atoms with Crippen molar-refractivity contribution in [1.82, 2.24) is 10.5 Å². The third-order valence-corrected chi connectivity index (χ3v) is 3.72. The third-order valence-electron chi connectivity index (χ3n) is 3.72. The van der Waals surface area contributed by atoms with E-state index in [4.69, 9.17) is 18.7 Å². The molecule has 0 aliphatic rings. The standard InChI is InChI=1S/C19H25N3O7/c1-19(2,3)28-18(25)21-14(17(24)27-5)10-13-15(22-29-16(13)23)20-11-7-6-8-12(9-11)26-4/h6-9,14,20,22H,10H2,1-5H3,(H,21,25)/t14-/m0/s1. The number of carbonyl (C=O) groups is 2. The lowest BCUT2D eigenvalue weighted by Crippen LogP contribution is -2.45. The van der Waals surface area contributed by atoms with Gasteiger partial charge in [0.15, 0.2) is 0 Å². The van der Waals surface area contributed by atoms with Crippen LogP contribution in [0.15, 0.2) is 33.6 Å². The number of nitrogens with one attached hydrogen (secondary N) is 3. The number of H-pyrrole nitrogens is 1. The molecule has 2 aromatic rings. The number of aromatic nitrogens is 1. The smallest absolute Gasteiger partial charge is 0.408 e. The first-order chi connectivity index (χ1) is 13.6. The van der Waals surface area contributed by atoms with E-state index < -0.39 is 29.3 Å². The van der Waals surface area contributed by atoms with Crippen LogP contribution in [0.4, 0.5) is 16.3 Å². The van der Waals surface area contributed by atoms with Crippen LogP contribution < -0.4 is 21.0 Å². The first-order valence-electron chi connectivity index (χ1n) is 8.81. The minimum Gasteiger partial charge on any atom is -0.497 e. The second-order valence-electron chi connectivity index (χ2n) is 7.13. The highest BCUT2D eigenvalue weighted by Gasteiger charge is 2.28. The van der Waals surface area contributed by atoms with Gasteiger partial charge in [-0.2, -0.15) is 0 Å². The Balaban J connectivity index is 2.22. The fourth-order valence-electron chi connectivity index (χ4n) is 2.44. The SMILES string of the molecule is COC(=O)[C@H](Cc1c(Nc2cccc(OC)c2)[nH]oc1=O)NC(=O)OC(C)(C)C. The summed E-state index contributed by atoms with van der Waals surface area (Å²) in [5, 5.41) is 7.90. The number of alkyl carbamates (subject to hydrolysis) is 1. The lowest BCUT2D eigenvalue weighted by Gasteiger charge is -2.22. The summed E-state index contributed by atoms with van der Waals surface area (Å²) in [7, 11) is 2.72. The van der Waals surface area contributed by atoms with E-state index in [1.807, 2.05) is 0 Å². The van der Waals surface area contributed by atoms with Crippen LogP contribution in [-0.2, 0) is 20.7 Å². The maximum atomic E-state index is 12.2. The lowest BCUT2D eigenvalue weighted by molar-refractivity contribution is -0.143. The average Bonchev–Trinajstić information content (AvgIpc) is 2.98. The van der Waals surface area contributed by atoms with Crippen molar-refractivity contribution >= 4 is 23.6 Å². The number of hydrogen-bond donors (Lipinski definition) is 3. The van der Waals surface area contributed by atoms with Crippen LogP contribution in [0.5, 0.6) is 5.75 Å². The number of carbonyl (C=O) groups excluding carboxylic acids is 2. The summed E-state index contributed by atoms with van der Waals surface area (Å²) < 4.78 is 19.9. The van der Waals surface area contributed by atoms with Crippen molar-refractivity contribution in [1.29, 1.82) is 0 Å². The van der Waals surface area contributed by atoms with Crippen molar-refractivity contribution in [3.05, 3.63) is 40.2 Å². The predicted octanol–water partition coefficient (Wildman–Crippen LogP) is 2.33. The molecule has 0 aliphatic heterocycles. The summed E-state index contributed by atoms with van der Waals surface area (Å²) in [4.78, 5) is 36.4. The molecule has 1 amide bonds. The van der Waals surface area contributed by atoms with Crippen LogP contribution in [0.1, 0.15) is 26.3 Å². The summed E-state index contributed by atoms with van der Waals surface area (Å²) in [6, 6.07) is 5.85. The zero-order chi connectivity index (χ0) is 21.6. The first kappa shape index (κ1) is 21.9. The van der Waals surface area contributed by atoms with Gasteiger partial charge in [-0.1, -0.05) is 6.07 Å². The zero-order valence-electron chi connectivity index (χ0n) is 17.0. The molecule has 1 atom stereocenters. The molecule has 0 unspecified atom stereocenters. The Bertz CT molecular complexity index is 911. The number of hydrogen-bond acceptors (Lipinski definition) is 8. The highest BCUT2D eigenvalue weighted by atomic mass is 16.6. The number of rotatable bonds is 7. The molecule has 10 nitrogen and oxygen atoms in total. The molecular weight excluding hydrogens is 382 g/mol. The van der Waals surface area contributed by atoms with Crippen molar-refractivity contribution in [3.8, 4) is 5.75 Å². The van der Waals surface area contributed by atoms with Gasteiger partial charge in [0.05, 0.1) is 19.8 Å². The molecule has 0 fully saturated rings. The molecule has 1 aromatic heterocycles. The average molecular weight is 407 g/mol. The van der Waals surface area contributed by atoms with Gasteiger partial charge in [-0.25, -0.2) is 19.5 Å². The molecule has 0 bridgehead atoms. The Hall–Kier alpha value is -3.43. The van der Waals surface area contributed by atoms with Gasteiger partial charge in [0, 0.05) is 18.2 Å². The number of esters is 1. The van der Waals surface area contributed by atoms with E-state index in [2.05, 4.69) is 15.8 Å². The molecule has 29 heavy (non-hydrogen) atoms. The maximum absolute atomic E-state index is 12.2. The lowest BCUT2D eigenvalue weighted by atomic mass is 10.1. The normalized spacial score (nSPS) is 12.0. The minimum atomic E-state index is -1.15. The Morgan fingerprint density at radius 3 is 2.59 bits per heavy atom. The van der Waals surface area contributed by atoms with E-state index in [-0.39, 0.29) is 17.8 Å². The molecule has 0 saturated carbocycles. The van der Waals surface area contributed by atoms with E-state index in [9.17, 15) is 14.4 Å². The quantitative estimate of drug-likeness (QED) is 0.596. The summed E-state index contributed by atoms with van der Waals surface area (Å²) in [5.74, 6) is 0.119. The fourth-order valence-corrected chi connectivity index (χ4v) is 2.44. The van der Waals surface area contributed by atoms with Gasteiger partial charge < -0.3 is 29.4 Å². The number of amides is 1. The molecule has 0 aliphatic carbocycles. The van der Waals surface area contributed by atoms with Gasteiger partial charge in [0.1, 0.15) is 23.2 Å². The van der Waals surface area contributed by atoms with E-state index in [0.29, 0.717) is 11.4 Å². The third kappa shape index (κ3) is 6.30. The highest BCUT2D eigenvalue weighted by Crippen LogP contribution is 2.22. The molecule has 158 valence electrons. The summed E-state index contributed by atoms with van der Waals surface area (Å²) in [5.41, 5.74) is -0.691. The monoisotopic (exact) mass is 407 g/mol. The predicted molar refractivity (Wildman–Crippen MR) is 104 cm³/mol. The fraction of sp³-hybridized carbons (Fsp3) is 0.421. The maximum Gasteiger partial charge on any atom is 0.408 e. The van der Waals surface area contributed by atoms with E-state index in [0.717, 1.165) is 0 Å². The molecule has 3 N–H and O–H groups in total. The van der Waals surface area contributed by atoms with Crippen LogP contribution in [0, 0.1) is 0 Å². The van der Waals surface area contributed by atoms with Gasteiger partial charge >= 0.3 is 17.7 Å². The van der Waals surface area contributed by atoms with Crippen molar-refractivity contribution < 1.29 is 28.3 Å². The summed E-state index contributed by atoms with van der Waals surface area (Å²) >= 11 is 0. The van der Waals surface area contributed by atoms with Gasteiger partial charge in [-0.05, 0) is 32.9 Å². The first-order valence-corrected chi connectivity index (χ1v) is 8.81. The molecule has 2 rings (SSSR count). The van der Waals surface area contributed by atoms with Crippen LogP contribution in [0.2, 0.25) is 0 Å². The van der Waals surface area contributed by atoms with Gasteiger partial charge in [0.2, 0.25) is 0 Å². The van der Waals surface area contributed by atoms with Gasteiger partial charge in [0.25, 0.3) is 0 Å². The van der Waals surface area contributed by atoms with Crippen molar-refractivity contribution in [2.45, 2.75) is 38.8 Å². The van der Waals surface area contributed by atoms with Crippen LogP contribution in [0.3, 0.4) is 0 Å². The molecular formula is C19H25N3O7.